The molecule has 1 aromatic rings. The highest BCUT2D eigenvalue weighted by molar-refractivity contribution is 5.90. The summed E-state index contributed by atoms with van der Waals surface area (Å²) in [6.45, 7) is 4.04. The third-order valence-electron chi connectivity index (χ3n) is 3.99. The average molecular weight is 282 g/mol. The van der Waals surface area contributed by atoms with Gasteiger partial charge in [-0.15, -0.1) is 5.10 Å². The van der Waals surface area contributed by atoms with Crippen molar-refractivity contribution in [1.29, 1.82) is 0 Å². The van der Waals surface area contributed by atoms with Gasteiger partial charge in [0, 0.05) is 19.8 Å². The fourth-order valence-corrected chi connectivity index (χ4v) is 2.80. The van der Waals surface area contributed by atoms with Crippen molar-refractivity contribution >= 4 is 5.91 Å². The van der Waals surface area contributed by atoms with E-state index in [1.165, 1.54) is 12.8 Å². The molecule has 7 heteroatoms. The van der Waals surface area contributed by atoms with Crippen LogP contribution in [0.2, 0.25) is 0 Å². The van der Waals surface area contributed by atoms with E-state index >= 15 is 0 Å². The molecule has 2 rings (SSSR count). The lowest BCUT2D eigenvalue weighted by Crippen LogP contribution is -2.37. The van der Waals surface area contributed by atoms with E-state index in [2.05, 4.69) is 20.5 Å². The van der Waals surface area contributed by atoms with Gasteiger partial charge in [0.1, 0.15) is 0 Å². The van der Waals surface area contributed by atoms with Crippen molar-refractivity contribution in [2.24, 2.45) is 5.41 Å². The van der Waals surface area contributed by atoms with E-state index in [4.69, 9.17) is 4.74 Å². The molecule has 7 nitrogen and oxygen atoms in total. The van der Waals surface area contributed by atoms with Crippen LogP contribution in [0.5, 0.6) is 0 Å². The Labute approximate surface area is 117 Å². The number of hydrogen-bond donors (Lipinski definition) is 3. The van der Waals surface area contributed by atoms with Crippen LogP contribution >= 0.6 is 0 Å². The first-order valence-electron chi connectivity index (χ1n) is 7.16. The van der Waals surface area contributed by atoms with Gasteiger partial charge >= 0.3 is 5.69 Å². The number of aromatic nitrogens is 3. The number of rotatable bonds is 7. The molecule has 112 valence electrons. The quantitative estimate of drug-likeness (QED) is 0.644. The highest BCUT2D eigenvalue weighted by atomic mass is 16.5. The second-order valence-corrected chi connectivity index (χ2v) is 5.36. The number of H-pyrrole nitrogens is 2. The number of nitrogens with one attached hydrogen (secondary N) is 3. The van der Waals surface area contributed by atoms with Gasteiger partial charge in [0.2, 0.25) is 5.82 Å². The minimum absolute atomic E-state index is 0.0351. The first-order chi connectivity index (χ1) is 9.65. The molecule has 0 bridgehead atoms. The van der Waals surface area contributed by atoms with E-state index in [9.17, 15) is 9.59 Å². The summed E-state index contributed by atoms with van der Waals surface area (Å²) in [5.74, 6) is -0.306. The van der Waals surface area contributed by atoms with E-state index in [1.54, 1.807) is 0 Å². The number of ether oxygens (including phenoxy) is 1. The fourth-order valence-electron chi connectivity index (χ4n) is 2.80. The summed E-state index contributed by atoms with van der Waals surface area (Å²) in [5, 5.41) is 8.69. The Balaban J connectivity index is 1.88. The smallest absolute Gasteiger partial charge is 0.341 e. The zero-order valence-corrected chi connectivity index (χ0v) is 11.8. The molecule has 1 aliphatic carbocycles. The normalized spacial score (nSPS) is 17.2. The van der Waals surface area contributed by atoms with Crippen LogP contribution in [0.1, 0.15) is 49.6 Å². The lowest BCUT2D eigenvalue weighted by atomic mass is 9.83. The summed E-state index contributed by atoms with van der Waals surface area (Å²) in [4.78, 5) is 25.2. The molecule has 0 aromatic carbocycles. The standard InChI is InChI=1S/C13H22N4O3/c1-2-20-8-7-13(5-3-4-6-13)9-14-11(18)10-15-12(19)17-16-10/h2-9H2,1H3,(H,14,18)(H2,15,16,17,19). The molecule has 1 aromatic heterocycles. The molecule has 0 atom stereocenters. The zero-order chi connectivity index (χ0) is 14.4. The van der Waals surface area contributed by atoms with E-state index < -0.39 is 5.69 Å². The molecule has 3 N–H and O–H groups in total. The van der Waals surface area contributed by atoms with Gasteiger partial charge in [-0.2, -0.15) is 0 Å². The van der Waals surface area contributed by atoms with Gasteiger partial charge in [0.25, 0.3) is 5.91 Å². The van der Waals surface area contributed by atoms with Gasteiger partial charge < -0.3 is 10.1 Å². The number of hydrogen-bond acceptors (Lipinski definition) is 4. The van der Waals surface area contributed by atoms with Crippen LogP contribution in [0.15, 0.2) is 4.79 Å². The van der Waals surface area contributed by atoms with Crippen LogP contribution in [-0.2, 0) is 4.74 Å². The Morgan fingerprint density at radius 2 is 2.20 bits per heavy atom. The molecule has 0 saturated heterocycles. The highest BCUT2D eigenvalue weighted by Gasteiger charge is 2.34. The van der Waals surface area contributed by atoms with E-state index in [1.807, 2.05) is 6.92 Å². The SMILES string of the molecule is CCOCCC1(CNC(=O)c2n[nH]c(=O)[nH]2)CCCC1. The molecule has 0 radical (unpaired) electrons. The average Bonchev–Trinajstić information content (AvgIpc) is 3.06. The molecule has 0 unspecified atom stereocenters. The van der Waals surface area contributed by atoms with Gasteiger partial charge in [-0.25, -0.2) is 9.89 Å². The van der Waals surface area contributed by atoms with Crippen LogP contribution in [0.25, 0.3) is 0 Å². The van der Waals surface area contributed by atoms with Crippen molar-refractivity contribution in [3.05, 3.63) is 16.3 Å². The summed E-state index contributed by atoms with van der Waals surface area (Å²) in [6, 6.07) is 0. The third-order valence-corrected chi connectivity index (χ3v) is 3.99. The van der Waals surface area contributed by atoms with E-state index in [0.717, 1.165) is 32.5 Å². The molecular weight excluding hydrogens is 260 g/mol. The number of carbonyl (C=O) groups excluding carboxylic acids is 1. The summed E-state index contributed by atoms with van der Waals surface area (Å²) >= 11 is 0. The lowest BCUT2D eigenvalue weighted by Gasteiger charge is -2.29. The molecule has 20 heavy (non-hydrogen) atoms. The molecule has 0 spiro atoms. The Morgan fingerprint density at radius 1 is 1.45 bits per heavy atom. The largest absolute Gasteiger partial charge is 0.382 e. The fraction of sp³-hybridized carbons (Fsp3) is 0.769. The summed E-state index contributed by atoms with van der Waals surface area (Å²) < 4.78 is 5.44. The monoisotopic (exact) mass is 282 g/mol. The lowest BCUT2D eigenvalue weighted by molar-refractivity contribution is 0.0855. The number of aromatic amines is 2. The molecule has 1 heterocycles. The van der Waals surface area contributed by atoms with Crippen molar-refractivity contribution < 1.29 is 9.53 Å². The predicted octanol–water partition coefficient (Wildman–Crippen LogP) is 0.815. The van der Waals surface area contributed by atoms with Crippen molar-refractivity contribution in [3.63, 3.8) is 0 Å². The van der Waals surface area contributed by atoms with Crippen molar-refractivity contribution in [2.75, 3.05) is 19.8 Å². The first-order valence-corrected chi connectivity index (χ1v) is 7.16. The van der Waals surface area contributed by atoms with E-state index in [0.29, 0.717) is 6.54 Å². The minimum atomic E-state index is -0.470. The molecule has 1 amide bonds. The first kappa shape index (κ1) is 14.8. The summed E-state index contributed by atoms with van der Waals surface area (Å²) in [6.07, 6.45) is 5.57. The topological polar surface area (TPSA) is 99.9 Å². The van der Waals surface area contributed by atoms with Gasteiger partial charge in [0.15, 0.2) is 0 Å². The molecular formula is C13H22N4O3. The predicted molar refractivity (Wildman–Crippen MR) is 73.6 cm³/mol. The molecule has 1 aliphatic rings. The summed E-state index contributed by atoms with van der Waals surface area (Å²) in [5.41, 5.74) is -0.344. The second kappa shape index (κ2) is 6.69. The van der Waals surface area contributed by atoms with E-state index in [-0.39, 0.29) is 17.1 Å². The van der Waals surface area contributed by atoms with Crippen LogP contribution in [0, 0.1) is 5.41 Å². The van der Waals surface area contributed by atoms with Crippen LogP contribution in [0.3, 0.4) is 0 Å². The van der Waals surface area contributed by atoms with Crippen molar-refractivity contribution in [1.82, 2.24) is 20.5 Å². The Bertz CT molecular complexity index is 488. The highest BCUT2D eigenvalue weighted by Crippen LogP contribution is 2.40. The Kier molecular flexibility index (Phi) is 4.94. The van der Waals surface area contributed by atoms with Gasteiger partial charge in [0.05, 0.1) is 0 Å². The number of amides is 1. The van der Waals surface area contributed by atoms with Gasteiger partial charge in [-0.1, -0.05) is 12.8 Å². The van der Waals surface area contributed by atoms with Crippen LogP contribution in [-0.4, -0.2) is 40.8 Å². The molecule has 1 fully saturated rings. The van der Waals surface area contributed by atoms with Crippen LogP contribution in [0.4, 0.5) is 0 Å². The Hall–Kier alpha value is -1.63. The maximum atomic E-state index is 11.9. The van der Waals surface area contributed by atoms with Crippen LogP contribution < -0.4 is 11.0 Å². The minimum Gasteiger partial charge on any atom is -0.382 e. The van der Waals surface area contributed by atoms with Gasteiger partial charge in [-0.05, 0) is 31.6 Å². The number of nitrogens with zero attached hydrogens (tertiary/aromatic N) is 1. The molecule has 1 saturated carbocycles. The third kappa shape index (κ3) is 3.69. The zero-order valence-electron chi connectivity index (χ0n) is 11.8. The maximum Gasteiger partial charge on any atom is 0.341 e. The van der Waals surface area contributed by atoms with Gasteiger partial charge in [-0.3, -0.25) is 9.78 Å². The number of carbonyl (C=O) groups is 1. The molecule has 0 aliphatic heterocycles. The Morgan fingerprint density at radius 3 is 2.80 bits per heavy atom. The second-order valence-electron chi connectivity index (χ2n) is 5.36. The summed E-state index contributed by atoms with van der Waals surface area (Å²) in [7, 11) is 0. The van der Waals surface area contributed by atoms with Crippen molar-refractivity contribution in [2.45, 2.75) is 39.0 Å². The van der Waals surface area contributed by atoms with Crippen molar-refractivity contribution in [3.8, 4) is 0 Å². The maximum absolute atomic E-state index is 11.9.